The predicted molar refractivity (Wildman–Crippen MR) is 78.5 cm³/mol. The molecule has 1 aromatic carbocycles. The lowest BCUT2D eigenvalue weighted by atomic mass is 10.0. The van der Waals surface area contributed by atoms with Crippen molar-refractivity contribution in [1.29, 1.82) is 0 Å². The van der Waals surface area contributed by atoms with Crippen LogP contribution in [0.3, 0.4) is 0 Å². The van der Waals surface area contributed by atoms with Crippen molar-refractivity contribution in [1.82, 2.24) is 0 Å². The second-order valence-corrected chi connectivity index (χ2v) is 6.10. The number of hydrogen-bond acceptors (Lipinski definition) is 0. The fourth-order valence-corrected chi connectivity index (χ4v) is 3.37. The van der Waals surface area contributed by atoms with Crippen molar-refractivity contribution < 1.29 is 0 Å². The largest absolute Gasteiger partial charge is 0.0880 e. The maximum atomic E-state index is 3.52. The van der Waals surface area contributed by atoms with Crippen molar-refractivity contribution in [3.8, 4) is 0 Å². The molecular weight excluding hydrogens is 384 g/mol. The van der Waals surface area contributed by atoms with E-state index in [2.05, 4.69) is 79.8 Å². The van der Waals surface area contributed by atoms with Crippen LogP contribution in [-0.4, -0.2) is 5.33 Å². The van der Waals surface area contributed by atoms with Crippen LogP contribution in [-0.2, 0) is 0 Å². The fraction of sp³-hybridized carbons (Fsp3) is 0.333. The first-order valence-corrected chi connectivity index (χ1v) is 7.46. The minimum Gasteiger partial charge on any atom is -0.0880 e. The van der Waals surface area contributed by atoms with Crippen LogP contribution in [0.2, 0.25) is 0 Å². The third-order valence-electron chi connectivity index (χ3n) is 2.13. The van der Waals surface area contributed by atoms with Gasteiger partial charge in [-0.05, 0) is 29.7 Å². The average molecular weight is 397 g/mol. The first-order chi connectivity index (χ1) is 7.02. The van der Waals surface area contributed by atoms with Gasteiger partial charge in [-0.1, -0.05) is 73.3 Å². The lowest BCUT2D eigenvalue weighted by molar-refractivity contribution is 0.781. The Kier molecular flexibility index (Phi) is 5.58. The summed E-state index contributed by atoms with van der Waals surface area (Å²) in [5.74, 6) is 0.571. The van der Waals surface area contributed by atoms with Gasteiger partial charge in [-0.2, -0.15) is 0 Å². The van der Waals surface area contributed by atoms with Crippen molar-refractivity contribution in [2.24, 2.45) is 5.92 Å². The molecule has 0 spiro atoms. The Bertz CT molecular complexity index is 347. The SMILES string of the molecule is CC(C)/C(=C/c1cc(Br)cc(Br)c1)CBr. The van der Waals surface area contributed by atoms with Crippen molar-refractivity contribution in [3.05, 3.63) is 38.3 Å². The van der Waals surface area contributed by atoms with Crippen LogP contribution in [0.5, 0.6) is 0 Å². The zero-order chi connectivity index (χ0) is 11.4. The summed E-state index contributed by atoms with van der Waals surface area (Å²) in [4.78, 5) is 0. The summed E-state index contributed by atoms with van der Waals surface area (Å²) in [7, 11) is 0. The van der Waals surface area contributed by atoms with Crippen LogP contribution < -0.4 is 0 Å². The summed E-state index contributed by atoms with van der Waals surface area (Å²) in [5, 5.41) is 0.925. The van der Waals surface area contributed by atoms with Gasteiger partial charge in [0.25, 0.3) is 0 Å². The number of hydrogen-bond donors (Lipinski definition) is 0. The fourth-order valence-electron chi connectivity index (χ4n) is 1.23. The van der Waals surface area contributed by atoms with Gasteiger partial charge in [-0.3, -0.25) is 0 Å². The Hall–Kier alpha value is 0.400. The molecule has 0 radical (unpaired) electrons. The highest BCUT2D eigenvalue weighted by Crippen LogP contribution is 2.23. The van der Waals surface area contributed by atoms with E-state index in [1.807, 2.05) is 6.07 Å². The summed E-state index contributed by atoms with van der Waals surface area (Å²) in [6.07, 6.45) is 2.23. The maximum absolute atomic E-state index is 3.52. The van der Waals surface area contributed by atoms with E-state index in [0.717, 1.165) is 14.3 Å². The summed E-state index contributed by atoms with van der Waals surface area (Å²) >= 11 is 10.5. The van der Waals surface area contributed by atoms with Crippen molar-refractivity contribution >= 4 is 53.9 Å². The Morgan fingerprint density at radius 2 is 1.73 bits per heavy atom. The quantitative estimate of drug-likeness (QED) is 0.579. The summed E-state index contributed by atoms with van der Waals surface area (Å²) in [6, 6.07) is 6.28. The molecule has 0 aromatic heterocycles. The molecule has 0 aliphatic rings. The van der Waals surface area contributed by atoms with E-state index in [9.17, 15) is 0 Å². The van der Waals surface area contributed by atoms with E-state index >= 15 is 0 Å². The minimum absolute atomic E-state index is 0.571. The molecule has 15 heavy (non-hydrogen) atoms. The zero-order valence-electron chi connectivity index (χ0n) is 8.73. The zero-order valence-corrected chi connectivity index (χ0v) is 13.5. The van der Waals surface area contributed by atoms with Crippen molar-refractivity contribution in [2.45, 2.75) is 13.8 Å². The molecule has 0 heterocycles. The Labute approximate surface area is 117 Å². The van der Waals surface area contributed by atoms with Gasteiger partial charge in [0.2, 0.25) is 0 Å². The van der Waals surface area contributed by atoms with E-state index in [1.54, 1.807) is 0 Å². The lowest BCUT2D eigenvalue weighted by Crippen LogP contribution is -1.94. The molecule has 0 fully saturated rings. The third kappa shape index (κ3) is 4.41. The molecule has 0 saturated carbocycles. The second kappa shape index (κ2) is 6.21. The lowest BCUT2D eigenvalue weighted by Gasteiger charge is -2.08. The molecule has 0 bridgehead atoms. The van der Waals surface area contributed by atoms with E-state index < -0.39 is 0 Å². The van der Waals surface area contributed by atoms with Crippen LogP contribution in [0.15, 0.2) is 32.7 Å². The second-order valence-electron chi connectivity index (χ2n) is 3.71. The molecule has 0 N–H and O–H groups in total. The van der Waals surface area contributed by atoms with Crippen LogP contribution >= 0.6 is 47.8 Å². The molecule has 1 aromatic rings. The molecular formula is C12H13Br3. The van der Waals surface area contributed by atoms with Crippen LogP contribution in [0.1, 0.15) is 19.4 Å². The van der Waals surface area contributed by atoms with Gasteiger partial charge >= 0.3 is 0 Å². The molecule has 82 valence electrons. The molecule has 1 rings (SSSR count). The van der Waals surface area contributed by atoms with Crippen LogP contribution in [0.4, 0.5) is 0 Å². The predicted octanol–water partition coefficient (Wildman–Crippen LogP) is 5.65. The standard InChI is InChI=1S/C12H13Br3/c1-8(2)10(7-13)3-9-4-11(14)6-12(15)5-9/h3-6,8H,7H2,1-2H3/b10-3+. The van der Waals surface area contributed by atoms with E-state index in [1.165, 1.54) is 11.1 Å². The highest BCUT2D eigenvalue weighted by atomic mass is 79.9. The van der Waals surface area contributed by atoms with Gasteiger partial charge < -0.3 is 0 Å². The number of halogens is 3. The first kappa shape index (κ1) is 13.5. The topological polar surface area (TPSA) is 0 Å². The summed E-state index contributed by atoms with van der Waals surface area (Å²) < 4.78 is 2.20. The number of benzene rings is 1. The molecule has 0 saturated heterocycles. The van der Waals surface area contributed by atoms with Crippen molar-refractivity contribution in [3.63, 3.8) is 0 Å². The van der Waals surface area contributed by atoms with E-state index in [-0.39, 0.29) is 0 Å². The molecule has 0 nitrogen and oxygen atoms in total. The molecule has 0 amide bonds. The normalized spacial score (nSPS) is 12.3. The molecule has 3 heteroatoms. The van der Waals surface area contributed by atoms with Gasteiger partial charge in [0.1, 0.15) is 0 Å². The Balaban J connectivity index is 3.05. The summed E-state index contributed by atoms with van der Waals surface area (Å²) in [6.45, 7) is 4.42. The average Bonchev–Trinajstić information content (AvgIpc) is 2.12. The molecule has 0 unspecified atom stereocenters. The highest BCUT2D eigenvalue weighted by molar-refractivity contribution is 9.11. The van der Waals surface area contributed by atoms with Gasteiger partial charge in [-0.25, -0.2) is 0 Å². The highest BCUT2D eigenvalue weighted by Gasteiger charge is 2.02. The number of rotatable bonds is 3. The monoisotopic (exact) mass is 394 g/mol. The summed E-state index contributed by atoms with van der Waals surface area (Å²) in [5.41, 5.74) is 2.62. The Morgan fingerprint density at radius 1 is 1.20 bits per heavy atom. The maximum Gasteiger partial charge on any atom is 0.0247 e. The van der Waals surface area contributed by atoms with Gasteiger partial charge in [0, 0.05) is 14.3 Å². The van der Waals surface area contributed by atoms with Crippen LogP contribution in [0.25, 0.3) is 6.08 Å². The molecule has 0 aliphatic heterocycles. The van der Waals surface area contributed by atoms with Crippen LogP contribution in [0, 0.1) is 5.92 Å². The molecule has 0 aliphatic carbocycles. The van der Waals surface area contributed by atoms with E-state index in [4.69, 9.17) is 0 Å². The Morgan fingerprint density at radius 3 is 2.13 bits per heavy atom. The number of alkyl halides is 1. The minimum atomic E-state index is 0.571. The first-order valence-electron chi connectivity index (χ1n) is 4.75. The van der Waals surface area contributed by atoms with E-state index in [0.29, 0.717) is 5.92 Å². The van der Waals surface area contributed by atoms with Gasteiger partial charge in [0.05, 0.1) is 0 Å². The molecule has 0 atom stereocenters. The smallest absolute Gasteiger partial charge is 0.0247 e. The van der Waals surface area contributed by atoms with Crippen molar-refractivity contribution in [2.75, 3.05) is 5.33 Å². The number of allylic oxidation sites excluding steroid dienone is 1. The van der Waals surface area contributed by atoms with Gasteiger partial charge in [-0.15, -0.1) is 0 Å². The third-order valence-corrected chi connectivity index (χ3v) is 3.70. The van der Waals surface area contributed by atoms with Gasteiger partial charge in [0.15, 0.2) is 0 Å².